The van der Waals surface area contributed by atoms with Crippen molar-refractivity contribution in [2.75, 3.05) is 5.32 Å². The summed E-state index contributed by atoms with van der Waals surface area (Å²) in [6, 6.07) is 8.05. The summed E-state index contributed by atoms with van der Waals surface area (Å²) in [5, 5.41) is 10.7. The van der Waals surface area contributed by atoms with Crippen molar-refractivity contribution in [1.29, 1.82) is 0 Å². The summed E-state index contributed by atoms with van der Waals surface area (Å²) < 4.78 is 16.4. The van der Waals surface area contributed by atoms with Gasteiger partial charge < -0.3 is 9.88 Å². The lowest BCUT2D eigenvalue weighted by atomic mass is 9.98. The van der Waals surface area contributed by atoms with E-state index in [2.05, 4.69) is 20.5 Å². The molecule has 160 valence electrons. The second-order valence-electron chi connectivity index (χ2n) is 8.19. The molecule has 7 nitrogen and oxygen atoms in total. The predicted molar refractivity (Wildman–Crippen MR) is 114 cm³/mol. The first-order valence-electron chi connectivity index (χ1n) is 10.3. The number of nitrogens with one attached hydrogen (secondary N) is 1. The zero-order valence-corrected chi connectivity index (χ0v) is 17.7. The first-order valence-corrected chi connectivity index (χ1v) is 10.3. The van der Waals surface area contributed by atoms with E-state index in [1.54, 1.807) is 31.5 Å². The second kappa shape index (κ2) is 8.37. The molecule has 0 unspecified atom stereocenters. The maximum Gasteiger partial charge on any atom is 0.259 e. The Labute approximate surface area is 179 Å². The molecule has 1 saturated carbocycles. The third-order valence-electron chi connectivity index (χ3n) is 5.42. The minimum Gasteiger partial charge on any atom is -0.310 e. The highest BCUT2D eigenvalue weighted by molar-refractivity contribution is 6.04. The molecule has 1 aromatic carbocycles. The molecule has 0 saturated heterocycles. The van der Waals surface area contributed by atoms with E-state index in [4.69, 9.17) is 0 Å². The van der Waals surface area contributed by atoms with Gasteiger partial charge >= 0.3 is 0 Å². The molecule has 1 aliphatic carbocycles. The van der Waals surface area contributed by atoms with E-state index >= 15 is 0 Å². The summed E-state index contributed by atoms with van der Waals surface area (Å²) in [5.74, 6) is -0.142. The number of Topliss-reactive ketones (excluding diaryl/α,β-unsaturated/α-hetero) is 1. The Morgan fingerprint density at radius 3 is 2.74 bits per heavy atom. The van der Waals surface area contributed by atoms with Gasteiger partial charge in [0.1, 0.15) is 29.4 Å². The van der Waals surface area contributed by atoms with E-state index in [0.717, 1.165) is 12.8 Å². The van der Waals surface area contributed by atoms with Crippen LogP contribution in [-0.4, -0.2) is 31.4 Å². The summed E-state index contributed by atoms with van der Waals surface area (Å²) in [7, 11) is 0. The smallest absolute Gasteiger partial charge is 0.259 e. The van der Waals surface area contributed by atoms with Crippen LogP contribution in [0.2, 0.25) is 0 Å². The number of carbonyl (C=O) groups excluding carboxylic acids is 2. The van der Waals surface area contributed by atoms with Crippen molar-refractivity contribution in [3.8, 4) is 11.5 Å². The maximum atomic E-state index is 14.5. The molecule has 8 heteroatoms. The molecule has 0 bridgehead atoms. The lowest BCUT2D eigenvalue weighted by molar-refractivity contribution is -0.119. The van der Waals surface area contributed by atoms with Gasteiger partial charge in [-0.2, -0.15) is 0 Å². The van der Waals surface area contributed by atoms with E-state index < -0.39 is 11.7 Å². The zero-order chi connectivity index (χ0) is 22.1. The van der Waals surface area contributed by atoms with Crippen LogP contribution >= 0.6 is 0 Å². The number of hydrogen-bond donors (Lipinski definition) is 1. The molecule has 4 rings (SSSR count). The number of pyridine rings is 1. The molecule has 0 atom stereocenters. The van der Waals surface area contributed by atoms with Gasteiger partial charge in [0, 0.05) is 18.4 Å². The van der Waals surface area contributed by atoms with Gasteiger partial charge in [-0.25, -0.2) is 9.37 Å². The topological polar surface area (TPSA) is 89.8 Å². The number of aryl methyl sites for hydroxylation is 1. The summed E-state index contributed by atoms with van der Waals surface area (Å²) in [4.78, 5) is 29.4. The van der Waals surface area contributed by atoms with Crippen LogP contribution in [0.4, 0.5) is 10.2 Å². The largest absolute Gasteiger partial charge is 0.310 e. The lowest BCUT2D eigenvalue weighted by Gasteiger charge is -2.12. The summed E-state index contributed by atoms with van der Waals surface area (Å²) in [6.45, 7) is 5.75. The van der Waals surface area contributed by atoms with Gasteiger partial charge in [0.25, 0.3) is 5.91 Å². The van der Waals surface area contributed by atoms with E-state index in [1.807, 2.05) is 18.4 Å². The molecular formula is C23H24FN5O2. The van der Waals surface area contributed by atoms with Gasteiger partial charge in [-0.3, -0.25) is 9.59 Å². The van der Waals surface area contributed by atoms with E-state index in [0.29, 0.717) is 22.6 Å². The number of ketones is 1. The van der Waals surface area contributed by atoms with Crippen LogP contribution in [0.5, 0.6) is 0 Å². The molecule has 1 N–H and O–H groups in total. The number of carbonyl (C=O) groups is 2. The standard InChI is InChI=1S/C23H24FN5O2/c1-13(2)29-12-25-28-22(29)19-5-4-6-21(26-19)27-23(31)17-10-16(14(3)9-18(17)24)11-20(30)15-7-8-15/h4-6,9-10,12-13,15H,7-8,11H2,1-3H3,(H,26,27,31). The molecular weight excluding hydrogens is 397 g/mol. The minimum atomic E-state index is -0.631. The molecule has 0 spiro atoms. The number of rotatable bonds is 7. The average molecular weight is 421 g/mol. The van der Waals surface area contributed by atoms with Crippen molar-refractivity contribution in [2.24, 2.45) is 5.92 Å². The highest BCUT2D eigenvalue weighted by atomic mass is 19.1. The number of nitrogens with zero attached hydrogens (tertiary/aromatic N) is 4. The fourth-order valence-corrected chi connectivity index (χ4v) is 3.44. The average Bonchev–Trinajstić information content (AvgIpc) is 3.46. The van der Waals surface area contributed by atoms with Crippen LogP contribution in [-0.2, 0) is 11.2 Å². The molecule has 0 radical (unpaired) electrons. The van der Waals surface area contributed by atoms with Gasteiger partial charge in [-0.15, -0.1) is 10.2 Å². The third-order valence-corrected chi connectivity index (χ3v) is 5.42. The molecule has 3 aromatic rings. The Morgan fingerprint density at radius 1 is 1.26 bits per heavy atom. The summed E-state index contributed by atoms with van der Waals surface area (Å²) in [6.07, 6.45) is 3.67. The molecule has 31 heavy (non-hydrogen) atoms. The van der Waals surface area contributed by atoms with Crippen LogP contribution < -0.4 is 5.32 Å². The SMILES string of the molecule is Cc1cc(F)c(C(=O)Nc2cccc(-c3nncn3C(C)C)n2)cc1CC(=O)C1CC1. The van der Waals surface area contributed by atoms with Gasteiger partial charge in [0.05, 0.1) is 5.56 Å². The Kier molecular flexibility index (Phi) is 5.63. The zero-order valence-electron chi connectivity index (χ0n) is 17.7. The molecule has 2 aromatic heterocycles. The van der Waals surface area contributed by atoms with Gasteiger partial charge in [-0.05, 0) is 69.0 Å². The van der Waals surface area contributed by atoms with Gasteiger partial charge in [0.15, 0.2) is 5.82 Å². The normalized spacial score (nSPS) is 13.5. The third kappa shape index (κ3) is 4.52. The van der Waals surface area contributed by atoms with Crippen LogP contribution in [0, 0.1) is 18.7 Å². The van der Waals surface area contributed by atoms with Crippen molar-refractivity contribution in [3.63, 3.8) is 0 Å². The van der Waals surface area contributed by atoms with Crippen LogP contribution in [0.3, 0.4) is 0 Å². The van der Waals surface area contributed by atoms with E-state index in [1.165, 1.54) is 12.1 Å². The van der Waals surface area contributed by atoms with Gasteiger partial charge in [-0.1, -0.05) is 6.07 Å². The summed E-state index contributed by atoms with van der Waals surface area (Å²) in [5.41, 5.74) is 1.78. The number of benzene rings is 1. The Hall–Kier alpha value is -3.42. The number of aromatic nitrogens is 4. The molecule has 1 amide bonds. The van der Waals surface area contributed by atoms with Crippen LogP contribution in [0.15, 0.2) is 36.7 Å². The van der Waals surface area contributed by atoms with Crippen molar-refractivity contribution >= 4 is 17.5 Å². The number of anilines is 1. The fourth-order valence-electron chi connectivity index (χ4n) is 3.44. The van der Waals surface area contributed by atoms with Crippen LogP contribution in [0.1, 0.15) is 54.2 Å². The van der Waals surface area contributed by atoms with Crippen molar-refractivity contribution in [2.45, 2.75) is 46.1 Å². The quantitative estimate of drug-likeness (QED) is 0.619. The van der Waals surface area contributed by atoms with Crippen molar-refractivity contribution in [1.82, 2.24) is 19.7 Å². The molecule has 1 fully saturated rings. The number of hydrogen-bond acceptors (Lipinski definition) is 5. The monoisotopic (exact) mass is 421 g/mol. The molecule has 1 aliphatic rings. The number of halogens is 1. The Balaban J connectivity index is 1.57. The summed E-state index contributed by atoms with van der Waals surface area (Å²) >= 11 is 0. The van der Waals surface area contributed by atoms with Crippen molar-refractivity contribution < 1.29 is 14.0 Å². The number of amides is 1. The fraction of sp³-hybridized carbons (Fsp3) is 0.348. The first-order chi connectivity index (χ1) is 14.8. The highest BCUT2D eigenvalue weighted by Crippen LogP contribution is 2.31. The van der Waals surface area contributed by atoms with E-state index in [9.17, 15) is 14.0 Å². The molecule has 0 aliphatic heterocycles. The van der Waals surface area contributed by atoms with E-state index in [-0.39, 0.29) is 35.5 Å². The van der Waals surface area contributed by atoms with Gasteiger partial charge in [0.2, 0.25) is 0 Å². The Bertz CT molecular complexity index is 1150. The molecule has 2 heterocycles. The Morgan fingerprint density at radius 2 is 2.03 bits per heavy atom. The first kappa shape index (κ1) is 20.8. The van der Waals surface area contributed by atoms with Crippen LogP contribution in [0.25, 0.3) is 11.5 Å². The lowest BCUT2D eigenvalue weighted by Crippen LogP contribution is -2.16. The maximum absolute atomic E-state index is 14.5. The van der Waals surface area contributed by atoms with Crippen molar-refractivity contribution in [3.05, 3.63) is 59.2 Å². The predicted octanol–water partition coefficient (Wildman–Crippen LogP) is 4.14. The second-order valence-corrected chi connectivity index (χ2v) is 8.19. The highest BCUT2D eigenvalue weighted by Gasteiger charge is 2.29. The minimum absolute atomic E-state index is 0.109.